The van der Waals surface area contributed by atoms with Gasteiger partial charge in [-0.25, -0.2) is 0 Å². The number of hydrogen-bond donors (Lipinski definition) is 1. The molecule has 8 heteroatoms. The van der Waals surface area contributed by atoms with E-state index in [0.29, 0.717) is 38.3 Å². The van der Waals surface area contributed by atoms with Crippen molar-refractivity contribution in [3.05, 3.63) is 0 Å². The van der Waals surface area contributed by atoms with Crippen molar-refractivity contribution in [2.24, 2.45) is 0 Å². The number of methoxy groups -OCH3 is 1. The Morgan fingerprint density at radius 2 is 1.79 bits per heavy atom. The molecule has 0 atom stereocenters. The molecule has 1 aromatic rings. The summed E-state index contributed by atoms with van der Waals surface area (Å²) in [6.45, 7) is 1.95. The number of anilines is 2. The lowest BCUT2D eigenvalue weighted by Crippen LogP contribution is -2.17. The molecule has 0 radical (unpaired) electrons. The third-order valence-corrected chi connectivity index (χ3v) is 2.12. The van der Waals surface area contributed by atoms with Gasteiger partial charge < -0.3 is 24.4 Å². The van der Waals surface area contributed by atoms with Gasteiger partial charge in [-0.05, 0) is 0 Å². The zero-order valence-corrected chi connectivity index (χ0v) is 11.8. The molecule has 0 fully saturated rings. The molecule has 19 heavy (non-hydrogen) atoms. The predicted molar refractivity (Wildman–Crippen MR) is 71.9 cm³/mol. The lowest BCUT2D eigenvalue weighted by atomic mass is 10.7. The maximum absolute atomic E-state index is 5.42. The second-order valence-electron chi connectivity index (χ2n) is 3.84. The van der Waals surface area contributed by atoms with Gasteiger partial charge >= 0.3 is 6.01 Å². The Balaban J connectivity index is 2.46. The number of hydrogen-bond acceptors (Lipinski definition) is 8. The van der Waals surface area contributed by atoms with Crippen molar-refractivity contribution < 1.29 is 14.2 Å². The molecule has 0 aliphatic heterocycles. The summed E-state index contributed by atoms with van der Waals surface area (Å²) >= 11 is 0. The van der Waals surface area contributed by atoms with Gasteiger partial charge in [-0.3, -0.25) is 0 Å². The molecule has 8 nitrogen and oxygen atoms in total. The first kappa shape index (κ1) is 15.4. The average molecular weight is 271 g/mol. The standard InChI is InChI=1S/C11H21N5O3/c1-12-9-13-10(16(2)3)15-11(14-9)19-8-7-18-6-5-17-4/h5-8H2,1-4H3,(H,12,13,14,15). The van der Waals surface area contributed by atoms with Gasteiger partial charge in [0.15, 0.2) is 0 Å². The van der Waals surface area contributed by atoms with Gasteiger partial charge in [0, 0.05) is 28.3 Å². The minimum absolute atomic E-state index is 0.276. The van der Waals surface area contributed by atoms with Crippen LogP contribution in [-0.4, -0.2) is 69.6 Å². The van der Waals surface area contributed by atoms with Crippen LogP contribution in [0.25, 0.3) is 0 Å². The van der Waals surface area contributed by atoms with Crippen LogP contribution >= 0.6 is 0 Å². The third-order valence-electron chi connectivity index (χ3n) is 2.12. The summed E-state index contributed by atoms with van der Waals surface area (Å²) in [6, 6.07) is 0.276. The van der Waals surface area contributed by atoms with Crippen LogP contribution in [-0.2, 0) is 9.47 Å². The Labute approximate surface area is 113 Å². The molecule has 0 aromatic carbocycles. The zero-order valence-electron chi connectivity index (χ0n) is 11.8. The van der Waals surface area contributed by atoms with Crippen molar-refractivity contribution in [3.8, 4) is 6.01 Å². The monoisotopic (exact) mass is 271 g/mol. The predicted octanol–water partition coefficient (Wildman–Crippen LogP) is 0.0211. The second-order valence-corrected chi connectivity index (χ2v) is 3.84. The number of nitrogens with one attached hydrogen (secondary N) is 1. The molecule has 1 N–H and O–H groups in total. The number of aromatic nitrogens is 3. The summed E-state index contributed by atoms with van der Waals surface area (Å²) in [5.74, 6) is 1.00. The second kappa shape index (κ2) is 8.44. The fraction of sp³-hybridized carbons (Fsp3) is 0.727. The van der Waals surface area contributed by atoms with Gasteiger partial charge in [0.2, 0.25) is 11.9 Å². The summed E-state index contributed by atoms with van der Waals surface area (Å²) in [7, 11) is 7.08. The van der Waals surface area contributed by atoms with Crippen molar-refractivity contribution >= 4 is 11.9 Å². The Kier molecular flexibility index (Phi) is 6.83. The quantitative estimate of drug-likeness (QED) is 0.630. The van der Waals surface area contributed by atoms with Crippen LogP contribution in [0.2, 0.25) is 0 Å². The van der Waals surface area contributed by atoms with E-state index in [0.717, 1.165) is 0 Å². The van der Waals surface area contributed by atoms with Crippen LogP contribution in [0.3, 0.4) is 0 Å². The summed E-state index contributed by atoms with van der Waals surface area (Å²) in [5.41, 5.74) is 0. The number of rotatable bonds is 9. The van der Waals surface area contributed by atoms with Crippen molar-refractivity contribution in [3.63, 3.8) is 0 Å². The van der Waals surface area contributed by atoms with Crippen molar-refractivity contribution in [1.29, 1.82) is 0 Å². The van der Waals surface area contributed by atoms with Gasteiger partial charge in [-0.1, -0.05) is 0 Å². The van der Waals surface area contributed by atoms with E-state index in [1.165, 1.54) is 0 Å². The molecule has 0 unspecified atom stereocenters. The van der Waals surface area contributed by atoms with Crippen LogP contribution in [0, 0.1) is 0 Å². The molecule has 0 aliphatic rings. The highest BCUT2D eigenvalue weighted by molar-refractivity contribution is 5.36. The molecular formula is C11H21N5O3. The smallest absolute Gasteiger partial charge is 0.323 e. The maximum atomic E-state index is 5.42. The van der Waals surface area contributed by atoms with Gasteiger partial charge in [-0.15, -0.1) is 0 Å². The van der Waals surface area contributed by atoms with Gasteiger partial charge in [0.1, 0.15) is 6.61 Å². The minimum Gasteiger partial charge on any atom is -0.461 e. The number of nitrogens with zero attached hydrogens (tertiary/aromatic N) is 4. The van der Waals surface area contributed by atoms with Gasteiger partial charge in [0.05, 0.1) is 19.8 Å². The highest BCUT2D eigenvalue weighted by Crippen LogP contribution is 2.12. The topological polar surface area (TPSA) is 81.6 Å². The van der Waals surface area contributed by atoms with E-state index in [2.05, 4.69) is 20.3 Å². The van der Waals surface area contributed by atoms with Crippen molar-refractivity contribution in [2.75, 3.05) is 64.9 Å². The van der Waals surface area contributed by atoms with E-state index in [9.17, 15) is 0 Å². The molecule has 1 rings (SSSR count). The van der Waals surface area contributed by atoms with Gasteiger partial charge in [0.25, 0.3) is 0 Å². The minimum atomic E-state index is 0.276. The van der Waals surface area contributed by atoms with Crippen molar-refractivity contribution in [1.82, 2.24) is 15.0 Å². The van der Waals surface area contributed by atoms with Crippen LogP contribution in [0.4, 0.5) is 11.9 Å². The van der Waals surface area contributed by atoms with E-state index >= 15 is 0 Å². The van der Waals surface area contributed by atoms with E-state index in [4.69, 9.17) is 14.2 Å². The molecular weight excluding hydrogens is 250 g/mol. The first-order chi connectivity index (χ1) is 9.17. The fourth-order valence-corrected chi connectivity index (χ4v) is 1.16. The van der Waals surface area contributed by atoms with Crippen LogP contribution < -0.4 is 15.0 Å². The van der Waals surface area contributed by atoms with Crippen molar-refractivity contribution in [2.45, 2.75) is 0 Å². The zero-order chi connectivity index (χ0) is 14.1. The normalized spacial score (nSPS) is 10.3. The number of ether oxygens (including phenoxy) is 3. The summed E-state index contributed by atoms with van der Waals surface area (Å²) in [4.78, 5) is 14.2. The van der Waals surface area contributed by atoms with E-state index in [1.807, 2.05) is 14.1 Å². The maximum Gasteiger partial charge on any atom is 0.323 e. The Morgan fingerprint density at radius 1 is 1.05 bits per heavy atom. The summed E-state index contributed by atoms with van der Waals surface area (Å²) < 4.78 is 15.6. The van der Waals surface area contributed by atoms with Crippen LogP contribution in [0.5, 0.6) is 6.01 Å². The lowest BCUT2D eigenvalue weighted by molar-refractivity contribution is 0.0528. The molecule has 0 spiro atoms. The SMILES string of the molecule is CNc1nc(OCCOCCOC)nc(N(C)C)n1. The van der Waals surface area contributed by atoms with E-state index in [-0.39, 0.29) is 6.01 Å². The Morgan fingerprint density at radius 3 is 2.42 bits per heavy atom. The molecule has 0 saturated heterocycles. The van der Waals surface area contributed by atoms with Crippen LogP contribution in [0.1, 0.15) is 0 Å². The summed E-state index contributed by atoms with van der Waals surface area (Å²) in [6.07, 6.45) is 0. The molecule has 0 bridgehead atoms. The molecule has 0 saturated carbocycles. The highest BCUT2D eigenvalue weighted by atomic mass is 16.5. The first-order valence-corrected chi connectivity index (χ1v) is 5.98. The molecule has 0 aliphatic carbocycles. The van der Waals surface area contributed by atoms with E-state index < -0.39 is 0 Å². The largest absolute Gasteiger partial charge is 0.461 e. The summed E-state index contributed by atoms with van der Waals surface area (Å²) in [5, 5.41) is 2.86. The Hall–Kier alpha value is -1.67. The molecule has 108 valence electrons. The third kappa shape index (κ3) is 5.66. The fourth-order valence-electron chi connectivity index (χ4n) is 1.16. The van der Waals surface area contributed by atoms with Crippen LogP contribution in [0.15, 0.2) is 0 Å². The van der Waals surface area contributed by atoms with Gasteiger partial charge in [-0.2, -0.15) is 15.0 Å². The average Bonchev–Trinajstić information content (AvgIpc) is 2.42. The lowest BCUT2D eigenvalue weighted by Gasteiger charge is -2.12. The molecule has 1 heterocycles. The molecule has 1 aromatic heterocycles. The first-order valence-electron chi connectivity index (χ1n) is 5.98. The Bertz CT molecular complexity index is 375. The highest BCUT2D eigenvalue weighted by Gasteiger charge is 2.07. The molecule has 0 amide bonds. The van der Waals surface area contributed by atoms with E-state index in [1.54, 1.807) is 19.1 Å².